The van der Waals surface area contributed by atoms with Crippen molar-refractivity contribution in [2.24, 2.45) is 0 Å². The molecule has 1 heteroatoms. The number of nitrogens with zero attached hydrogens (tertiary/aromatic N) is 1. The van der Waals surface area contributed by atoms with Gasteiger partial charge in [0.05, 0.1) is 5.52 Å². The van der Waals surface area contributed by atoms with Crippen LogP contribution in [0.25, 0.3) is 22.0 Å². The molecular formula is C28H29N. The van der Waals surface area contributed by atoms with E-state index in [1.54, 1.807) is 0 Å². The number of hydrogen-bond acceptors (Lipinski definition) is 1. The molecule has 0 atom stereocenters. The molecule has 1 nitrogen and oxygen atoms in total. The Hall–Kier alpha value is -2.93. The van der Waals surface area contributed by atoms with Gasteiger partial charge in [-0.3, -0.25) is 4.98 Å². The number of rotatable bonds is 5. The van der Waals surface area contributed by atoms with Gasteiger partial charge in [-0.25, -0.2) is 0 Å². The van der Waals surface area contributed by atoms with E-state index in [-0.39, 0.29) is 0 Å². The van der Waals surface area contributed by atoms with Gasteiger partial charge in [-0.2, -0.15) is 0 Å². The molecule has 1 heterocycles. The van der Waals surface area contributed by atoms with E-state index in [0.717, 1.165) is 17.6 Å². The molecule has 0 aliphatic rings. The first-order valence-corrected chi connectivity index (χ1v) is 10.6. The van der Waals surface area contributed by atoms with Crippen LogP contribution in [-0.4, -0.2) is 4.98 Å². The third kappa shape index (κ3) is 4.24. The second-order valence-electron chi connectivity index (χ2n) is 8.53. The lowest BCUT2D eigenvalue weighted by Crippen LogP contribution is -1.97. The number of benzene rings is 3. The highest BCUT2D eigenvalue weighted by molar-refractivity contribution is 5.82. The van der Waals surface area contributed by atoms with Gasteiger partial charge in [-0.1, -0.05) is 100 Å². The molecule has 0 fully saturated rings. The number of para-hydroxylation sites is 1. The van der Waals surface area contributed by atoms with Crippen molar-refractivity contribution in [1.82, 2.24) is 4.98 Å². The van der Waals surface area contributed by atoms with Crippen LogP contribution in [0.3, 0.4) is 0 Å². The summed E-state index contributed by atoms with van der Waals surface area (Å²) in [5, 5.41) is 1.22. The third-order valence-corrected chi connectivity index (χ3v) is 5.65. The minimum atomic E-state index is 0.471. The normalized spacial score (nSPS) is 11.5. The van der Waals surface area contributed by atoms with E-state index in [4.69, 9.17) is 4.98 Å². The summed E-state index contributed by atoms with van der Waals surface area (Å²) < 4.78 is 0. The molecule has 3 aromatic carbocycles. The Balaban J connectivity index is 1.63. The van der Waals surface area contributed by atoms with Crippen LogP contribution in [-0.2, 0) is 6.42 Å². The van der Waals surface area contributed by atoms with Crippen molar-refractivity contribution < 1.29 is 0 Å². The molecule has 0 radical (unpaired) electrons. The smallest absolute Gasteiger partial charge is 0.0739 e. The van der Waals surface area contributed by atoms with E-state index < -0.39 is 0 Å². The van der Waals surface area contributed by atoms with Crippen molar-refractivity contribution in [3.8, 4) is 11.1 Å². The highest BCUT2D eigenvalue weighted by Crippen LogP contribution is 2.26. The number of pyridine rings is 1. The zero-order valence-electron chi connectivity index (χ0n) is 17.8. The molecule has 0 N–H and O–H groups in total. The molecule has 0 bridgehead atoms. The van der Waals surface area contributed by atoms with E-state index in [1.165, 1.54) is 33.2 Å². The van der Waals surface area contributed by atoms with Crippen LogP contribution in [0.1, 0.15) is 61.9 Å². The van der Waals surface area contributed by atoms with Crippen molar-refractivity contribution in [1.29, 1.82) is 0 Å². The molecule has 0 saturated carbocycles. The lowest BCUT2D eigenvalue weighted by Gasteiger charge is -2.11. The molecule has 146 valence electrons. The first-order valence-electron chi connectivity index (χ1n) is 10.6. The lowest BCUT2D eigenvalue weighted by molar-refractivity contribution is 0.867. The summed E-state index contributed by atoms with van der Waals surface area (Å²) in [7, 11) is 0. The molecule has 4 rings (SSSR count). The standard InChI is InChI=1S/C28H29N/c1-19(2)22-11-13-23(14-12-22)25-9-5-7-21(17-25)18-26-16-15-24-8-6-10-27(20(3)4)28(24)29-26/h5-17,19-20H,18H2,1-4H3. The van der Waals surface area contributed by atoms with Crippen molar-refractivity contribution >= 4 is 10.9 Å². The van der Waals surface area contributed by atoms with Crippen molar-refractivity contribution in [3.05, 3.63) is 101 Å². The molecule has 0 unspecified atom stereocenters. The fourth-order valence-electron chi connectivity index (χ4n) is 3.91. The van der Waals surface area contributed by atoms with Gasteiger partial charge < -0.3 is 0 Å². The van der Waals surface area contributed by atoms with Gasteiger partial charge in [0.1, 0.15) is 0 Å². The maximum atomic E-state index is 5.03. The van der Waals surface area contributed by atoms with Gasteiger partial charge in [0, 0.05) is 17.5 Å². The molecule has 0 spiro atoms. The van der Waals surface area contributed by atoms with Crippen LogP contribution >= 0.6 is 0 Å². The van der Waals surface area contributed by atoms with E-state index >= 15 is 0 Å². The minimum Gasteiger partial charge on any atom is -0.252 e. The Morgan fingerprint density at radius 2 is 1.45 bits per heavy atom. The third-order valence-electron chi connectivity index (χ3n) is 5.65. The average molecular weight is 380 g/mol. The van der Waals surface area contributed by atoms with Crippen LogP contribution in [0.4, 0.5) is 0 Å². The second-order valence-corrected chi connectivity index (χ2v) is 8.53. The SMILES string of the molecule is CC(C)c1ccc(-c2cccc(Cc3ccc4cccc(C(C)C)c4n3)c2)cc1. The predicted molar refractivity (Wildman–Crippen MR) is 125 cm³/mol. The summed E-state index contributed by atoms with van der Waals surface area (Å²) in [4.78, 5) is 5.03. The number of fused-ring (bicyclic) bond motifs is 1. The molecule has 1 aromatic heterocycles. The van der Waals surface area contributed by atoms with Gasteiger partial charge in [0.25, 0.3) is 0 Å². The zero-order chi connectivity index (χ0) is 20.4. The minimum absolute atomic E-state index is 0.471. The van der Waals surface area contributed by atoms with E-state index in [9.17, 15) is 0 Å². The molecule has 0 amide bonds. The summed E-state index contributed by atoms with van der Waals surface area (Å²) >= 11 is 0. The fraction of sp³-hybridized carbons (Fsp3) is 0.250. The first kappa shape index (κ1) is 19.4. The quantitative estimate of drug-likeness (QED) is 0.345. The average Bonchev–Trinajstić information content (AvgIpc) is 2.73. The zero-order valence-corrected chi connectivity index (χ0v) is 17.8. The van der Waals surface area contributed by atoms with Crippen LogP contribution in [0.15, 0.2) is 78.9 Å². The molecule has 0 saturated heterocycles. The summed E-state index contributed by atoms with van der Waals surface area (Å²) in [5.74, 6) is 1.03. The topological polar surface area (TPSA) is 12.9 Å². The molecule has 4 aromatic rings. The van der Waals surface area contributed by atoms with Gasteiger partial charge >= 0.3 is 0 Å². The highest BCUT2D eigenvalue weighted by Gasteiger charge is 2.08. The van der Waals surface area contributed by atoms with Gasteiger partial charge in [0.2, 0.25) is 0 Å². The van der Waals surface area contributed by atoms with Crippen molar-refractivity contribution in [3.63, 3.8) is 0 Å². The van der Waals surface area contributed by atoms with Crippen molar-refractivity contribution in [2.75, 3.05) is 0 Å². The molecule has 0 aliphatic heterocycles. The summed E-state index contributed by atoms with van der Waals surface area (Å²) in [6, 6.07) is 28.6. The molecule has 29 heavy (non-hydrogen) atoms. The fourth-order valence-corrected chi connectivity index (χ4v) is 3.91. The highest BCUT2D eigenvalue weighted by atomic mass is 14.7. The lowest BCUT2D eigenvalue weighted by atomic mass is 9.96. The molecular weight excluding hydrogens is 350 g/mol. The maximum absolute atomic E-state index is 5.03. The Kier molecular flexibility index (Phi) is 5.49. The summed E-state index contributed by atoms with van der Waals surface area (Å²) in [5.41, 5.74) is 8.79. The summed E-state index contributed by atoms with van der Waals surface area (Å²) in [6.07, 6.45) is 0.848. The van der Waals surface area contributed by atoms with Crippen molar-refractivity contribution in [2.45, 2.75) is 46.0 Å². The van der Waals surface area contributed by atoms with Gasteiger partial charge in [-0.05, 0) is 45.7 Å². The Morgan fingerprint density at radius 1 is 0.690 bits per heavy atom. The maximum Gasteiger partial charge on any atom is 0.0739 e. The van der Waals surface area contributed by atoms with Crippen LogP contribution in [0, 0.1) is 0 Å². The predicted octanol–water partition coefficient (Wildman–Crippen LogP) is 7.74. The Labute approximate surface area is 174 Å². The largest absolute Gasteiger partial charge is 0.252 e. The van der Waals surface area contributed by atoms with E-state index in [1.807, 2.05) is 0 Å². The number of aromatic nitrogens is 1. The Morgan fingerprint density at radius 3 is 2.17 bits per heavy atom. The monoisotopic (exact) mass is 379 g/mol. The van der Waals surface area contributed by atoms with Gasteiger partial charge in [-0.15, -0.1) is 0 Å². The molecule has 0 aliphatic carbocycles. The van der Waals surface area contributed by atoms with Crippen LogP contribution in [0.5, 0.6) is 0 Å². The Bertz CT molecular complexity index is 1120. The first-order chi connectivity index (χ1) is 14.0. The second kappa shape index (κ2) is 8.21. The van der Waals surface area contributed by atoms with E-state index in [2.05, 4.69) is 107 Å². The number of hydrogen-bond donors (Lipinski definition) is 0. The van der Waals surface area contributed by atoms with Crippen LogP contribution in [0.2, 0.25) is 0 Å². The van der Waals surface area contributed by atoms with Gasteiger partial charge in [0.15, 0.2) is 0 Å². The van der Waals surface area contributed by atoms with Crippen LogP contribution < -0.4 is 0 Å². The summed E-state index contributed by atoms with van der Waals surface area (Å²) in [6.45, 7) is 8.93. The van der Waals surface area contributed by atoms with E-state index in [0.29, 0.717) is 11.8 Å².